The summed E-state index contributed by atoms with van der Waals surface area (Å²) in [5, 5.41) is 7.08. The second kappa shape index (κ2) is 10.0. The third-order valence-corrected chi connectivity index (χ3v) is 7.32. The maximum absolute atomic E-state index is 11.5. The highest BCUT2D eigenvalue weighted by atomic mass is 32.2. The number of hydrogen-bond acceptors (Lipinski definition) is 4. The van der Waals surface area contributed by atoms with Gasteiger partial charge in [0.15, 0.2) is 5.96 Å². The maximum Gasteiger partial charge on any atom is 0.219 e. The lowest BCUT2D eigenvalue weighted by molar-refractivity contribution is -0.129. The van der Waals surface area contributed by atoms with Crippen LogP contribution in [0, 0.1) is 0 Å². The molecular weight excluding hydrogens is 358 g/mol. The van der Waals surface area contributed by atoms with Gasteiger partial charge in [-0.15, -0.1) is 0 Å². The monoisotopic (exact) mass is 395 g/mol. The van der Waals surface area contributed by atoms with Gasteiger partial charge in [0.25, 0.3) is 0 Å². The van der Waals surface area contributed by atoms with Gasteiger partial charge in [0.1, 0.15) is 0 Å². The standard InChI is InChI=1S/C20H37N5OS/c1-3-21-19(23-18-6-10-24(11-7-18)17(2)26)22-16-20(8-4-5-9-20)25-12-14-27-15-13-25/h18H,3-16H2,1-2H3,(H2,21,22,23). The highest BCUT2D eigenvalue weighted by Gasteiger charge is 2.40. The zero-order valence-electron chi connectivity index (χ0n) is 17.1. The molecule has 3 rings (SSSR count). The van der Waals surface area contributed by atoms with E-state index in [9.17, 15) is 4.79 Å². The number of nitrogens with zero attached hydrogens (tertiary/aromatic N) is 3. The molecule has 154 valence electrons. The topological polar surface area (TPSA) is 60.0 Å². The van der Waals surface area contributed by atoms with Gasteiger partial charge in [0, 0.05) is 62.7 Å². The molecule has 0 atom stereocenters. The quantitative estimate of drug-likeness (QED) is 0.550. The van der Waals surface area contributed by atoms with E-state index in [1.54, 1.807) is 6.92 Å². The van der Waals surface area contributed by atoms with Crippen molar-refractivity contribution >= 4 is 23.6 Å². The van der Waals surface area contributed by atoms with Crippen LogP contribution in [0.1, 0.15) is 52.4 Å². The van der Waals surface area contributed by atoms with Crippen LogP contribution in [0.2, 0.25) is 0 Å². The molecule has 0 unspecified atom stereocenters. The molecule has 2 saturated heterocycles. The summed E-state index contributed by atoms with van der Waals surface area (Å²) < 4.78 is 0. The SMILES string of the molecule is CCNC(=NCC1(N2CCSCC2)CCCC1)NC1CCN(C(C)=O)CC1. The van der Waals surface area contributed by atoms with Crippen LogP contribution >= 0.6 is 11.8 Å². The Kier molecular flexibility index (Phi) is 7.70. The number of carbonyl (C=O) groups excluding carboxylic acids is 1. The average Bonchev–Trinajstić information content (AvgIpc) is 3.18. The van der Waals surface area contributed by atoms with Crippen LogP contribution in [0.3, 0.4) is 0 Å². The number of guanidine groups is 1. The molecule has 3 aliphatic rings. The van der Waals surface area contributed by atoms with Gasteiger partial charge in [-0.1, -0.05) is 12.8 Å². The fraction of sp³-hybridized carbons (Fsp3) is 0.900. The molecule has 6 nitrogen and oxygen atoms in total. The molecule has 2 aliphatic heterocycles. The number of rotatable bonds is 5. The van der Waals surface area contributed by atoms with E-state index in [1.807, 2.05) is 4.90 Å². The molecule has 1 aliphatic carbocycles. The molecule has 2 heterocycles. The number of likely N-dealkylation sites (tertiary alicyclic amines) is 1. The first-order valence-electron chi connectivity index (χ1n) is 10.8. The minimum absolute atomic E-state index is 0.192. The van der Waals surface area contributed by atoms with E-state index >= 15 is 0 Å². The van der Waals surface area contributed by atoms with Crippen LogP contribution in [0.15, 0.2) is 4.99 Å². The molecule has 3 fully saturated rings. The number of nitrogens with one attached hydrogen (secondary N) is 2. The first kappa shape index (κ1) is 20.8. The second-order valence-electron chi connectivity index (χ2n) is 8.15. The number of amides is 1. The van der Waals surface area contributed by atoms with E-state index in [0.29, 0.717) is 6.04 Å². The zero-order valence-corrected chi connectivity index (χ0v) is 18.0. The summed E-state index contributed by atoms with van der Waals surface area (Å²) in [7, 11) is 0. The van der Waals surface area contributed by atoms with Crippen molar-refractivity contribution in [3.8, 4) is 0 Å². The van der Waals surface area contributed by atoms with Crippen molar-refractivity contribution in [1.29, 1.82) is 0 Å². The Morgan fingerprint density at radius 2 is 1.81 bits per heavy atom. The Hall–Kier alpha value is -0.950. The van der Waals surface area contributed by atoms with E-state index in [1.165, 1.54) is 50.3 Å². The number of piperidine rings is 1. The molecule has 7 heteroatoms. The molecule has 0 aromatic heterocycles. The average molecular weight is 396 g/mol. The first-order valence-corrected chi connectivity index (χ1v) is 11.9. The fourth-order valence-corrected chi connectivity index (χ4v) is 5.63. The van der Waals surface area contributed by atoms with Gasteiger partial charge < -0.3 is 15.5 Å². The first-order chi connectivity index (χ1) is 13.1. The second-order valence-corrected chi connectivity index (χ2v) is 9.38. The number of thioether (sulfide) groups is 1. The van der Waals surface area contributed by atoms with Crippen LogP contribution in [-0.4, -0.2) is 84.0 Å². The van der Waals surface area contributed by atoms with Gasteiger partial charge in [-0.05, 0) is 32.6 Å². The maximum atomic E-state index is 11.5. The Labute approximate surface area is 168 Å². The third-order valence-electron chi connectivity index (χ3n) is 6.37. The molecule has 27 heavy (non-hydrogen) atoms. The van der Waals surface area contributed by atoms with Crippen LogP contribution in [0.4, 0.5) is 0 Å². The molecule has 0 bridgehead atoms. The minimum atomic E-state index is 0.192. The van der Waals surface area contributed by atoms with Crippen LogP contribution < -0.4 is 10.6 Å². The number of carbonyl (C=O) groups is 1. The lowest BCUT2D eigenvalue weighted by Crippen LogP contribution is -2.54. The lowest BCUT2D eigenvalue weighted by Gasteiger charge is -2.42. The van der Waals surface area contributed by atoms with Crippen molar-refractivity contribution in [2.24, 2.45) is 4.99 Å². The predicted molar refractivity (Wildman–Crippen MR) is 114 cm³/mol. The summed E-state index contributed by atoms with van der Waals surface area (Å²) in [5.41, 5.74) is 0.279. The highest BCUT2D eigenvalue weighted by Crippen LogP contribution is 2.37. The molecule has 0 aromatic carbocycles. The minimum Gasteiger partial charge on any atom is -0.357 e. The Morgan fingerprint density at radius 1 is 1.15 bits per heavy atom. The van der Waals surface area contributed by atoms with Crippen molar-refractivity contribution in [3.63, 3.8) is 0 Å². The van der Waals surface area contributed by atoms with Crippen molar-refractivity contribution in [1.82, 2.24) is 20.4 Å². The van der Waals surface area contributed by atoms with E-state index in [2.05, 4.69) is 34.2 Å². The Balaban J connectivity index is 1.59. The van der Waals surface area contributed by atoms with Gasteiger partial charge in [-0.3, -0.25) is 14.7 Å². The third kappa shape index (κ3) is 5.53. The van der Waals surface area contributed by atoms with Crippen LogP contribution in [0.5, 0.6) is 0 Å². The summed E-state index contributed by atoms with van der Waals surface area (Å²) in [6.07, 6.45) is 7.26. The largest absolute Gasteiger partial charge is 0.357 e. The fourth-order valence-electron chi connectivity index (χ4n) is 4.72. The molecule has 0 aromatic rings. The van der Waals surface area contributed by atoms with Crippen molar-refractivity contribution in [2.45, 2.75) is 64.0 Å². The van der Waals surface area contributed by atoms with E-state index < -0.39 is 0 Å². The normalized spacial score (nSPS) is 24.8. The number of hydrogen-bond donors (Lipinski definition) is 2. The summed E-state index contributed by atoms with van der Waals surface area (Å²) in [4.78, 5) is 21.3. The van der Waals surface area contributed by atoms with Crippen LogP contribution in [-0.2, 0) is 4.79 Å². The van der Waals surface area contributed by atoms with Crippen molar-refractivity contribution in [2.75, 3.05) is 50.8 Å². The van der Waals surface area contributed by atoms with Gasteiger partial charge >= 0.3 is 0 Å². The van der Waals surface area contributed by atoms with Gasteiger partial charge in [0.05, 0.1) is 6.54 Å². The van der Waals surface area contributed by atoms with Gasteiger partial charge in [0.2, 0.25) is 5.91 Å². The van der Waals surface area contributed by atoms with E-state index in [-0.39, 0.29) is 11.4 Å². The van der Waals surface area contributed by atoms with Crippen molar-refractivity contribution < 1.29 is 4.79 Å². The molecule has 2 N–H and O–H groups in total. The molecular formula is C20H37N5OS. The predicted octanol–water partition coefficient (Wildman–Crippen LogP) is 1.91. The molecule has 1 saturated carbocycles. The zero-order chi connectivity index (χ0) is 19.1. The van der Waals surface area contributed by atoms with Gasteiger partial charge in [-0.2, -0.15) is 11.8 Å². The Morgan fingerprint density at radius 3 is 2.41 bits per heavy atom. The summed E-state index contributed by atoms with van der Waals surface area (Å²) in [6, 6.07) is 0.407. The highest BCUT2D eigenvalue weighted by molar-refractivity contribution is 7.99. The van der Waals surface area contributed by atoms with E-state index in [4.69, 9.17) is 4.99 Å². The van der Waals surface area contributed by atoms with E-state index in [0.717, 1.165) is 45.0 Å². The molecule has 0 spiro atoms. The summed E-state index contributed by atoms with van der Waals surface area (Å²) in [6.45, 7) is 9.71. The molecule has 0 radical (unpaired) electrons. The Bertz CT molecular complexity index is 507. The lowest BCUT2D eigenvalue weighted by atomic mass is 9.95. The van der Waals surface area contributed by atoms with Crippen LogP contribution in [0.25, 0.3) is 0 Å². The van der Waals surface area contributed by atoms with Gasteiger partial charge in [-0.25, -0.2) is 0 Å². The number of aliphatic imine (C=N–C) groups is 1. The molecule has 1 amide bonds. The van der Waals surface area contributed by atoms with Crippen molar-refractivity contribution in [3.05, 3.63) is 0 Å². The summed E-state index contributed by atoms with van der Waals surface area (Å²) in [5.74, 6) is 3.67. The summed E-state index contributed by atoms with van der Waals surface area (Å²) >= 11 is 2.08. The smallest absolute Gasteiger partial charge is 0.219 e.